The van der Waals surface area contributed by atoms with Crippen LogP contribution in [-0.4, -0.2) is 50.8 Å². The Morgan fingerprint density at radius 1 is 1.15 bits per heavy atom. The largest absolute Gasteiger partial charge is 0.380 e. The number of aromatic nitrogens is 4. The van der Waals surface area contributed by atoms with E-state index in [0.29, 0.717) is 5.41 Å². The van der Waals surface area contributed by atoms with Gasteiger partial charge in [-0.1, -0.05) is 0 Å². The van der Waals surface area contributed by atoms with Crippen molar-refractivity contribution in [3.63, 3.8) is 0 Å². The van der Waals surface area contributed by atoms with Gasteiger partial charge in [-0.3, -0.25) is 9.88 Å². The number of hydrogen-bond acceptors (Lipinski definition) is 5. The second kappa shape index (κ2) is 6.14. The van der Waals surface area contributed by atoms with Crippen molar-refractivity contribution < 1.29 is 4.74 Å². The lowest BCUT2D eigenvalue weighted by Gasteiger charge is -2.47. The van der Waals surface area contributed by atoms with Gasteiger partial charge in [-0.2, -0.15) is 5.10 Å². The van der Waals surface area contributed by atoms with Crippen LogP contribution in [0.1, 0.15) is 24.1 Å². The molecule has 3 aromatic rings. The maximum absolute atomic E-state index is 5.42. The minimum Gasteiger partial charge on any atom is -0.380 e. The van der Waals surface area contributed by atoms with Gasteiger partial charge in [0, 0.05) is 47.4 Å². The number of nitrogens with zero attached hydrogens (tertiary/aromatic N) is 5. The smallest absolute Gasteiger partial charge is 0.162 e. The van der Waals surface area contributed by atoms with Crippen LogP contribution in [-0.2, 0) is 11.3 Å². The number of piperidine rings is 1. The lowest BCUT2D eigenvalue weighted by molar-refractivity contribution is -0.140. The van der Waals surface area contributed by atoms with Crippen molar-refractivity contribution >= 4 is 5.65 Å². The summed E-state index contributed by atoms with van der Waals surface area (Å²) in [5, 5.41) is 4.52. The highest BCUT2D eigenvalue weighted by Gasteiger charge is 2.40. The molecule has 0 aromatic carbocycles. The standard InChI is InChI=1S/C20H23N5O/c1-15-8-17(2-5-21-15)18-10-23-25-12-16(9-22-19(18)25)11-24-6-3-20(4-7-24)13-26-14-20/h2,5,8-10,12H,3-4,6-7,11,13-14H2,1H3. The van der Waals surface area contributed by atoms with Gasteiger partial charge in [0.2, 0.25) is 0 Å². The molecule has 3 aromatic heterocycles. The van der Waals surface area contributed by atoms with E-state index in [4.69, 9.17) is 9.72 Å². The quantitative estimate of drug-likeness (QED) is 0.728. The SMILES string of the molecule is Cc1cc(-c2cnn3cc(CN4CCC5(CC4)COC5)cnc23)ccn1. The van der Waals surface area contributed by atoms with E-state index in [1.54, 1.807) is 0 Å². The molecule has 0 aliphatic carbocycles. The first kappa shape index (κ1) is 15.9. The Kier molecular flexibility index (Phi) is 3.76. The van der Waals surface area contributed by atoms with Crippen LogP contribution in [0.25, 0.3) is 16.8 Å². The van der Waals surface area contributed by atoms with Gasteiger partial charge in [0.1, 0.15) is 0 Å². The summed E-state index contributed by atoms with van der Waals surface area (Å²) in [4.78, 5) is 11.5. The molecule has 26 heavy (non-hydrogen) atoms. The van der Waals surface area contributed by atoms with Crippen molar-refractivity contribution in [2.24, 2.45) is 5.41 Å². The van der Waals surface area contributed by atoms with E-state index in [1.807, 2.05) is 36.1 Å². The molecule has 1 spiro atoms. The van der Waals surface area contributed by atoms with Crippen molar-refractivity contribution in [3.05, 3.63) is 48.2 Å². The van der Waals surface area contributed by atoms with E-state index in [-0.39, 0.29) is 0 Å². The monoisotopic (exact) mass is 349 g/mol. The Labute approximate surface area is 152 Å². The molecule has 5 heterocycles. The fraction of sp³-hybridized carbons (Fsp3) is 0.450. The number of aryl methyl sites for hydroxylation is 1. The molecule has 0 amide bonds. The predicted octanol–water partition coefficient (Wildman–Crippen LogP) is 2.71. The van der Waals surface area contributed by atoms with Crippen LogP contribution in [0.2, 0.25) is 0 Å². The molecule has 0 N–H and O–H groups in total. The summed E-state index contributed by atoms with van der Waals surface area (Å²) in [6.07, 6.45) is 10.3. The van der Waals surface area contributed by atoms with Crippen LogP contribution in [0.5, 0.6) is 0 Å². The molecule has 134 valence electrons. The molecule has 0 bridgehead atoms. The first-order chi connectivity index (χ1) is 12.7. The van der Waals surface area contributed by atoms with Gasteiger partial charge in [-0.25, -0.2) is 9.50 Å². The van der Waals surface area contributed by atoms with E-state index >= 15 is 0 Å². The number of fused-ring (bicyclic) bond motifs is 1. The van der Waals surface area contributed by atoms with Gasteiger partial charge in [0.15, 0.2) is 5.65 Å². The minimum absolute atomic E-state index is 0.484. The molecule has 0 radical (unpaired) electrons. The summed E-state index contributed by atoms with van der Waals surface area (Å²) < 4.78 is 7.31. The van der Waals surface area contributed by atoms with Gasteiger partial charge < -0.3 is 4.74 Å². The molecule has 6 heteroatoms. The first-order valence-electron chi connectivity index (χ1n) is 9.26. The van der Waals surface area contributed by atoms with Gasteiger partial charge in [0.25, 0.3) is 0 Å². The van der Waals surface area contributed by atoms with Crippen molar-refractivity contribution in [1.29, 1.82) is 0 Å². The van der Waals surface area contributed by atoms with E-state index in [0.717, 1.165) is 55.3 Å². The normalized spacial score (nSPS) is 19.7. The van der Waals surface area contributed by atoms with Crippen molar-refractivity contribution in [3.8, 4) is 11.1 Å². The van der Waals surface area contributed by atoms with E-state index in [9.17, 15) is 0 Å². The Morgan fingerprint density at radius 3 is 2.73 bits per heavy atom. The Hall–Kier alpha value is -2.31. The fourth-order valence-corrected chi connectivity index (χ4v) is 4.03. The van der Waals surface area contributed by atoms with Crippen molar-refractivity contribution in [2.75, 3.05) is 26.3 Å². The van der Waals surface area contributed by atoms with Crippen LogP contribution in [0.3, 0.4) is 0 Å². The summed E-state index contributed by atoms with van der Waals surface area (Å²) >= 11 is 0. The lowest BCUT2D eigenvalue weighted by atomic mass is 9.77. The third kappa shape index (κ3) is 2.79. The zero-order valence-corrected chi connectivity index (χ0v) is 15.1. The van der Waals surface area contributed by atoms with Gasteiger partial charge in [-0.15, -0.1) is 0 Å². The van der Waals surface area contributed by atoms with Crippen molar-refractivity contribution in [1.82, 2.24) is 24.5 Å². The van der Waals surface area contributed by atoms with E-state index in [1.165, 1.54) is 18.4 Å². The third-order valence-corrected chi connectivity index (χ3v) is 5.76. The highest BCUT2D eigenvalue weighted by atomic mass is 16.5. The van der Waals surface area contributed by atoms with Crippen LogP contribution in [0, 0.1) is 12.3 Å². The Morgan fingerprint density at radius 2 is 2.00 bits per heavy atom. The lowest BCUT2D eigenvalue weighted by Crippen LogP contribution is -2.50. The van der Waals surface area contributed by atoms with Gasteiger partial charge in [-0.05, 0) is 50.6 Å². The first-order valence-corrected chi connectivity index (χ1v) is 9.26. The molecule has 2 saturated heterocycles. The number of ether oxygens (including phenoxy) is 1. The van der Waals surface area contributed by atoms with Gasteiger partial charge >= 0.3 is 0 Å². The minimum atomic E-state index is 0.484. The number of hydrogen-bond donors (Lipinski definition) is 0. The van der Waals surface area contributed by atoms with Crippen LogP contribution < -0.4 is 0 Å². The number of rotatable bonds is 3. The molecule has 6 nitrogen and oxygen atoms in total. The highest BCUT2D eigenvalue weighted by Crippen LogP contribution is 2.38. The summed E-state index contributed by atoms with van der Waals surface area (Å²) in [7, 11) is 0. The van der Waals surface area contributed by atoms with Crippen LogP contribution >= 0.6 is 0 Å². The second-order valence-corrected chi connectivity index (χ2v) is 7.74. The molecule has 0 saturated carbocycles. The molecule has 2 aliphatic heterocycles. The van der Waals surface area contributed by atoms with Crippen molar-refractivity contribution in [2.45, 2.75) is 26.3 Å². The summed E-state index contributed by atoms with van der Waals surface area (Å²) in [5.41, 5.74) is 5.74. The average Bonchev–Trinajstić information content (AvgIpc) is 3.04. The summed E-state index contributed by atoms with van der Waals surface area (Å²) in [6, 6.07) is 4.08. The Bertz CT molecular complexity index is 936. The molecule has 0 atom stereocenters. The highest BCUT2D eigenvalue weighted by molar-refractivity contribution is 5.76. The van der Waals surface area contributed by atoms with E-state index < -0.39 is 0 Å². The van der Waals surface area contributed by atoms with Crippen LogP contribution in [0.15, 0.2) is 36.9 Å². The number of likely N-dealkylation sites (tertiary alicyclic amines) is 1. The predicted molar refractivity (Wildman–Crippen MR) is 98.7 cm³/mol. The molecular formula is C20H23N5O. The fourth-order valence-electron chi connectivity index (χ4n) is 4.03. The second-order valence-electron chi connectivity index (χ2n) is 7.74. The zero-order chi connectivity index (χ0) is 17.6. The molecule has 2 aliphatic rings. The molecule has 2 fully saturated rings. The zero-order valence-electron chi connectivity index (χ0n) is 15.1. The summed E-state index contributed by atoms with van der Waals surface area (Å²) in [5.74, 6) is 0. The topological polar surface area (TPSA) is 55.5 Å². The Balaban J connectivity index is 1.34. The molecular weight excluding hydrogens is 326 g/mol. The van der Waals surface area contributed by atoms with E-state index in [2.05, 4.69) is 27.2 Å². The molecule has 5 rings (SSSR count). The van der Waals surface area contributed by atoms with Gasteiger partial charge in [0.05, 0.1) is 19.4 Å². The summed E-state index contributed by atoms with van der Waals surface area (Å²) in [6.45, 7) is 7.13. The third-order valence-electron chi connectivity index (χ3n) is 5.76. The van der Waals surface area contributed by atoms with Crippen LogP contribution in [0.4, 0.5) is 0 Å². The maximum atomic E-state index is 5.42. The average molecular weight is 349 g/mol. The maximum Gasteiger partial charge on any atom is 0.162 e. The number of pyridine rings is 1. The molecule has 0 unspecified atom stereocenters.